The van der Waals surface area contributed by atoms with E-state index >= 15 is 0 Å². The number of hydrogen-bond donors (Lipinski definition) is 2. The number of carboxylic acid groups (broad SMARTS) is 1. The summed E-state index contributed by atoms with van der Waals surface area (Å²) in [6.45, 7) is 2.00. The van der Waals surface area contributed by atoms with Crippen LogP contribution in [0, 0.1) is 6.92 Å². The second-order valence-electron chi connectivity index (χ2n) is 4.76. The molecule has 2 N–H and O–H groups in total. The van der Waals surface area contributed by atoms with Crippen LogP contribution < -0.4 is 0 Å². The number of rotatable bonds is 3. The maximum Gasteiger partial charge on any atom is 0.335 e. The van der Waals surface area contributed by atoms with E-state index in [0.717, 1.165) is 22.3 Å². The fraction of sp³-hybridized carbons (Fsp3) is 0.133. The van der Waals surface area contributed by atoms with E-state index in [0.29, 0.717) is 12.1 Å². The van der Waals surface area contributed by atoms with Crippen molar-refractivity contribution in [3.63, 3.8) is 0 Å². The van der Waals surface area contributed by atoms with Gasteiger partial charge < -0.3 is 10.1 Å². The van der Waals surface area contributed by atoms with E-state index in [4.69, 9.17) is 5.11 Å². The predicted octanol–water partition coefficient (Wildman–Crippen LogP) is 2.56. The Morgan fingerprint density at radius 3 is 2.95 bits per heavy atom. The molecule has 3 aromatic rings. The molecule has 0 radical (unpaired) electrons. The number of carboxylic acids is 1. The molecular weight excluding hydrogens is 254 g/mol. The number of aryl methyl sites for hydroxylation is 1. The predicted molar refractivity (Wildman–Crippen MR) is 74.8 cm³/mol. The normalized spacial score (nSPS) is 10.8. The average Bonchev–Trinajstić information content (AvgIpc) is 2.80. The van der Waals surface area contributed by atoms with Crippen LogP contribution in [0.15, 0.2) is 36.7 Å². The fourth-order valence-electron chi connectivity index (χ4n) is 2.18. The molecule has 3 rings (SSSR count). The van der Waals surface area contributed by atoms with E-state index in [1.54, 1.807) is 6.07 Å². The zero-order chi connectivity index (χ0) is 14.1. The van der Waals surface area contributed by atoms with E-state index in [2.05, 4.69) is 21.0 Å². The first-order chi connectivity index (χ1) is 9.61. The molecule has 0 aromatic carbocycles. The van der Waals surface area contributed by atoms with E-state index in [9.17, 15) is 4.79 Å². The molecule has 3 aromatic heterocycles. The molecule has 0 atom stereocenters. The third-order valence-corrected chi connectivity index (χ3v) is 3.10. The van der Waals surface area contributed by atoms with Crippen molar-refractivity contribution in [3.8, 4) is 0 Å². The van der Waals surface area contributed by atoms with Gasteiger partial charge in [-0.25, -0.2) is 9.78 Å². The quantitative estimate of drug-likeness (QED) is 0.764. The molecule has 3 heterocycles. The Kier molecular flexibility index (Phi) is 2.95. The maximum atomic E-state index is 10.9. The summed E-state index contributed by atoms with van der Waals surface area (Å²) in [4.78, 5) is 22.7. The van der Waals surface area contributed by atoms with Crippen LogP contribution in [-0.2, 0) is 6.42 Å². The van der Waals surface area contributed by atoms with E-state index in [1.807, 2.05) is 19.2 Å². The largest absolute Gasteiger partial charge is 0.478 e. The van der Waals surface area contributed by atoms with Crippen LogP contribution in [0.1, 0.15) is 27.3 Å². The summed E-state index contributed by atoms with van der Waals surface area (Å²) >= 11 is 0. The van der Waals surface area contributed by atoms with Crippen molar-refractivity contribution < 1.29 is 9.90 Å². The van der Waals surface area contributed by atoms with Crippen molar-refractivity contribution in [2.45, 2.75) is 13.3 Å². The molecule has 0 aliphatic heterocycles. The van der Waals surface area contributed by atoms with Crippen molar-refractivity contribution in [3.05, 3.63) is 59.2 Å². The summed E-state index contributed by atoms with van der Waals surface area (Å²) in [5.74, 6) is -0.942. The number of aromatic amines is 1. The zero-order valence-corrected chi connectivity index (χ0v) is 10.9. The van der Waals surface area contributed by atoms with Crippen molar-refractivity contribution in [2.24, 2.45) is 0 Å². The number of H-pyrrole nitrogens is 1. The van der Waals surface area contributed by atoms with Crippen LogP contribution in [-0.4, -0.2) is 26.0 Å². The minimum Gasteiger partial charge on any atom is -0.478 e. The monoisotopic (exact) mass is 267 g/mol. The Labute approximate surface area is 115 Å². The van der Waals surface area contributed by atoms with Crippen LogP contribution in [0.5, 0.6) is 0 Å². The van der Waals surface area contributed by atoms with E-state index in [-0.39, 0.29) is 5.56 Å². The lowest BCUT2D eigenvalue weighted by Crippen LogP contribution is -2.00. The molecule has 5 heteroatoms. The molecular formula is C15H13N3O2. The van der Waals surface area contributed by atoms with Crippen molar-refractivity contribution in [1.82, 2.24) is 15.0 Å². The number of aromatic carboxylic acids is 1. The fourth-order valence-corrected chi connectivity index (χ4v) is 2.18. The molecule has 100 valence electrons. The van der Waals surface area contributed by atoms with Gasteiger partial charge in [-0.15, -0.1) is 0 Å². The van der Waals surface area contributed by atoms with Gasteiger partial charge in [0.1, 0.15) is 5.65 Å². The molecule has 0 aliphatic rings. The zero-order valence-electron chi connectivity index (χ0n) is 10.9. The summed E-state index contributed by atoms with van der Waals surface area (Å²) in [6, 6.07) is 7.16. The van der Waals surface area contributed by atoms with Gasteiger partial charge in [0, 0.05) is 35.6 Å². The molecule has 0 fully saturated rings. The lowest BCUT2D eigenvalue weighted by atomic mass is 10.1. The Balaban J connectivity index is 1.92. The van der Waals surface area contributed by atoms with Gasteiger partial charge in [-0.1, -0.05) is 0 Å². The summed E-state index contributed by atoms with van der Waals surface area (Å²) in [6.07, 6.45) is 3.88. The van der Waals surface area contributed by atoms with Gasteiger partial charge in [0.05, 0.1) is 5.56 Å². The molecule has 0 bridgehead atoms. The molecule has 20 heavy (non-hydrogen) atoms. The standard InChI is InChI=1S/C15H13N3O2/c1-9-4-11-6-13(18-14(11)17-8-9)7-12-5-10(15(19)20)2-3-16-12/h2-6,8H,7H2,1H3,(H,17,18)(H,19,20). The van der Waals surface area contributed by atoms with Gasteiger partial charge in [0.15, 0.2) is 0 Å². The van der Waals surface area contributed by atoms with Crippen LogP contribution >= 0.6 is 0 Å². The Morgan fingerprint density at radius 2 is 2.15 bits per heavy atom. The minimum absolute atomic E-state index is 0.250. The molecule has 0 aliphatic carbocycles. The highest BCUT2D eigenvalue weighted by atomic mass is 16.4. The molecule has 0 saturated heterocycles. The summed E-state index contributed by atoms with van der Waals surface area (Å²) < 4.78 is 0. The molecule has 0 saturated carbocycles. The van der Waals surface area contributed by atoms with Crippen molar-refractivity contribution in [2.75, 3.05) is 0 Å². The highest BCUT2D eigenvalue weighted by Gasteiger charge is 2.07. The number of nitrogens with one attached hydrogen (secondary N) is 1. The molecule has 5 nitrogen and oxygen atoms in total. The van der Waals surface area contributed by atoms with Gasteiger partial charge in [-0.2, -0.15) is 0 Å². The molecule has 0 amide bonds. The Bertz CT molecular complexity index is 793. The van der Waals surface area contributed by atoms with Crippen LogP contribution in [0.4, 0.5) is 0 Å². The summed E-state index contributed by atoms with van der Waals surface area (Å²) in [5, 5.41) is 10.0. The first kappa shape index (κ1) is 12.3. The van der Waals surface area contributed by atoms with Crippen LogP contribution in [0.25, 0.3) is 11.0 Å². The average molecular weight is 267 g/mol. The third kappa shape index (κ3) is 2.38. The number of pyridine rings is 2. The van der Waals surface area contributed by atoms with Crippen LogP contribution in [0.2, 0.25) is 0 Å². The number of nitrogens with zero attached hydrogens (tertiary/aromatic N) is 2. The maximum absolute atomic E-state index is 10.9. The smallest absolute Gasteiger partial charge is 0.335 e. The third-order valence-electron chi connectivity index (χ3n) is 3.10. The Hall–Kier alpha value is -2.69. The van der Waals surface area contributed by atoms with Gasteiger partial charge >= 0.3 is 5.97 Å². The van der Waals surface area contributed by atoms with Gasteiger partial charge in [0.2, 0.25) is 0 Å². The lowest BCUT2D eigenvalue weighted by Gasteiger charge is -1.99. The SMILES string of the molecule is Cc1cnc2[nH]c(Cc3cc(C(=O)O)ccn3)cc2c1. The number of hydrogen-bond acceptors (Lipinski definition) is 3. The topological polar surface area (TPSA) is 78.9 Å². The summed E-state index contributed by atoms with van der Waals surface area (Å²) in [7, 11) is 0. The van der Waals surface area contributed by atoms with Gasteiger partial charge in [-0.05, 0) is 36.8 Å². The minimum atomic E-state index is -0.942. The van der Waals surface area contributed by atoms with Gasteiger partial charge in [-0.3, -0.25) is 4.98 Å². The highest BCUT2D eigenvalue weighted by molar-refractivity contribution is 5.87. The summed E-state index contributed by atoms with van der Waals surface area (Å²) in [5.41, 5.74) is 3.87. The first-order valence-electron chi connectivity index (χ1n) is 6.24. The molecule has 0 spiro atoms. The number of aromatic nitrogens is 3. The van der Waals surface area contributed by atoms with Crippen molar-refractivity contribution >= 4 is 17.0 Å². The first-order valence-corrected chi connectivity index (χ1v) is 6.24. The highest BCUT2D eigenvalue weighted by Crippen LogP contribution is 2.16. The second kappa shape index (κ2) is 4.77. The van der Waals surface area contributed by atoms with E-state index in [1.165, 1.54) is 12.3 Å². The number of carbonyl (C=O) groups is 1. The van der Waals surface area contributed by atoms with Crippen molar-refractivity contribution in [1.29, 1.82) is 0 Å². The van der Waals surface area contributed by atoms with Crippen LogP contribution in [0.3, 0.4) is 0 Å². The van der Waals surface area contributed by atoms with Gasteiger partial charge in [0.25, 0.3) is 0 Å². The second-order valence-corrected chi connectivity index (χ2v) is 4.76. The molecule has 0 unspecified atom stereocenters. The Morgan fingerprint density at radius 1 is 1.30 bits per heavy atom. The number of fused-ring (bicyclic) bond motifs is 1. The van der Waals surface area contributed by atoms with E-state index < -0.39 is 5.97 Å². The lowest BCUT2D eigenvalue weighted by molar-refractivity contribution is 0.0696.